The van der Waals surface area contributed by atoms with Crippen molar-refractivity contribution in [2.24, 2.45) is 5.41 Å². The summed E-state index contributed by atoms with van der Waals surface area (Å²) in [5.41, 5.74) is 1.78. The summed E-state index contributed by atoms with van der Waals surface area (Å²) in [7, 11) is -5.07. The molecule has 2 heterocycles. The molecule has 3 aromatic rings. The molecule has 1 fully saturated rings. The second-order valence-electron chi connectivity index (χ2n) is 14.7. The van der Waals surface area contributed by atoms with Gasteiger partial charge in [0.05, 0.1) is 30.0 Å². The van der Waals surface area contributed by atoms with Gasteiger partial charge < -0.3 is 50.9 Å². The molecule has 2 aliphatic rings. The first-order valence-electron chi connectivity index (χ1n) is 19.2. The van der Waals surface area contributed by atoms with E-state index in [0.29, 0.717) is 29.5 Å². The summed E-state index contributed by atoms with van der Waals surface area (Å²) < 4.78 is 75.7. The number of aliphatic hydroxyl groups excluding tert-OH is 4. The number of hydrogen-bond acceptors (Lipinski definition) is 13. The Hall–Kier alpha value is -3.73. The zero-order chi connectivity index (χ0) is 42.8. The number of fused-ring (bicyclic) bond motifs is 1. The number of amides is 2. The molecular weight excluding hydrogens is 811 g/mol. The standard InChI is InChI=1S/C38H51N3O12S2.C2H6O.H2O/c1-5-7-18-38(6-2)23-54(46,47)30-17-16-27(41(3)4)20-28(30)31(35(38)44)25-14-11-15-26(19-25)39-37(45)40-36-33(43)34(51-21-24-12-9-8-10-13-24)32(42)29(53-36)22-52-55(48,49)50;1-2-3;/h8-17,19-20,29,31-36,42-44H,5-7,18,21-23H2,1-4H3,(H2,39,40,45)(H,48,49,50);3H,2H2,1H3;1H2/t29-,31-,32-,33-,34+,35-,36-,38-;;/m1../s1. The van der Waals surface area contributed by atoms with Crippen molar-refractivity contribution in [3.05, 3.63) is 89.5 Å². The first-order valence-corrected chi connectivity index (χ1v) is 22.2. The van der Waals surface area contributed by atoms with Crippen LogP contribution in [0.2, 0.25) is 0 Å². The molecule has 5 rings (SSSR count). The van der Waals surface area contributed by atoms with E-state index in [1.165, 1.54) is 0 Å². The number of urea groups is 1. The highest BCUT2D eigenvalue weighted by molar-refractivity contribution is 7.91. The van der Waals surface area contributed by atoms with Gasteiger partial charge in [-0.2, -0.15) is 8.42 Å². The van der Waals surface area contributed by atoms with Crippen molar-refractivity contribution in [3.8, 4) is 0 Å². The summed E-state index contributed by atoms with van der Waals surface area (Å²) in [5.74, 6) is -1.00. The summed E-state index contributed by atoms with van der Waals surface area (Å²) >= 11 is 0. The lowest BCUT2D eigenvalue weighted by atomic mass is 9.69. The minimum Gasteiger partial charge on any atom is -0.412 e. The van der Waals surface area contributed by atoms with Crippen LogP contribution in [0.4, 0.5) is 16.2 Å². The Kier molecular flexibility index (Phi) is 18.2. The normalized spacial score (nSPS) is 26.2. The van der Waals surface area contributed by atoms with Crippen LogP contribution in [0, 0.1) is 5.41 Å². The summed E-state index contributed by atoms with van der Waals surface area (Å²) in [6, 6.07) is 19.8. The number of rotatable bonds is 14. The molecule has 0 aliphatic carbocycles. The molecule has 2 amide bonds. The maximum Gasteiger partial charge on any atom is 0.397 e. The van der Waals surface area contributed by atoms with Gasteiger partial charge in [-0.1, -0.05) is 69.2 Å². The zero-order valence-corrected chi connectivity index (χ0v) is 35.5. The highest BCUT2D eigenvalue weighted by Crippen LogP contribution is 2.49. The van der Waals surface area contributed by atoms with E-state index in [0.717, 1.165) is 18.5 Å². The van der Waals surface area contributed by atoms with E-state index in [2.05, 4.69) is 14.8 Å². The Morgan fingerprint density at radius 1 is 0.983 bits per heavy atom. The fraction of sp³-hybridized carbons (Fsp3) is 0.525. The lowest BCUT2D eigenvalue weighted by Gasteiger charge is -2.42. The molecule has 0 saturated carbocycles. The van der Waals surface area contributed by atoms with Gasteiger partial charge in [0, 0.05) is 43.4 Å². The second-order valence-corrected chi connectivity index (χ2v) is 17.8. The van der Waals surface area contributed by atoms with Crippen LogP contribution in [-0.2, 0) is 40.5 Å². The van der Waals surface area contributed by atoms with Crippen LogP contribution in [0.15, 0.2) is 77.7 Å². The zero-order valence-electron chi connectivity index (χ0n) is 33.9. The third-order valence-corrected chi connectivity index (χ3v) is 12.9. The Bertz CT molecular complexity index is 2020. The molecule has 0 aromatic heterocycles. The van der Waals surface area contributed by atoms with Gasteiger partial charge in [-0.15, -0.1) is 0 Å². The van der Waals surface area contributed by atoms with E-state index in [4.69, 9.17) is 19.1 Å². The number of ether oxygens (including phenoxy) is 2. The van der Waals surface area contributed by atoms with E-state index in [-0.39, 0.29) is 35.0 Å². The van der Waals surface area contributed by atoms with E-state index in [1.807, 2.05) is 32.8 Å². The van der Waals surface area contributed by atoms with Crippen molar-refractivity contribution in [2.45, 2.75) is 101 Å². The average molecular weight is 870 g/mol. The second kappa shape index (κ2) is 21.7. The van der Waals surface area contributed by atoms with Gasteiger partial charge in [-0.3, -0.25) is 4.55 Å². The Morgan fingerprint density at radius 2 is 1.66 bits per heavy atom. The van der Waals surface area contributed by atoms with Crippen molar-refractivity contribution in [1.29, 1.82) is 0 Å². The summed E-state index contributed by atoms with van der Waals surface area (Å²) in [5, 5.41) is 47.2. The quantitative estimate of drug-likeness (QED) is 0.115. The van der Waals surface area contributed by atoms with Gasteiger partial charge in [0.25, 0.3) is 0 Å². The average Bonchev–Trinajstić information content (AvgIpc) is 3.24. The number of carbonyl (C=O) groups excluding carboxylic acids is 1. The van der Waals surface area contributed by atoms with Crippen LogP contribution in [0.1, 0.15) is 69.1 Å². The number of nitrogens with zero attached hydrogens (tertiary/aromatic N) is 1. The lowest BCUT2D eigenvalue weighted by molar-refractivity contribution is -0.246. The number of aliphatic hydroxyl groups is 4. The van der Waals surface area contributed by atoms with E-state index < -0.39 is 81.0 Å². The molecule has 0 spiro atoms. The number of sulfone groups is 1. The number of unbranched alkanes of at least 4 members (excludes halogenated alkanes) is 1. The van der Waals surface area contributed by atoms with Crippen LogP contribution < -0.4 is 15.5 Å². The minimum absolute atomic E-state index is 0. The first kappa shape index (κ1) is 49.6. The monoisotopic (exact) mass is 869 g/mol. The molecule has 0 unspecified atom stereocenters. The highest BCUT2D eigenvalue weighted by atomic mass is 32.3. The van der Waals surface area contributed by atoms with E-state index >= 15 is 0 Å². The minimum atomic E-state index is -4.93. The molecule has 0 radical (unpaired) electrons. The molecule has 9 N–H and O–H groups in total. The Labute approximate surface area is 346 Å². The van der Waals surface area contributed by atoms with Crippen molar-refractivity contribution in [3.63, 3.8) is 0 Å². The molecule has 59 heavy (non-hydrogen) atoms. The topological polar surface area (TPSA) is 273 Å². The molecule has 8 atom stereocenters. The predicted octanol–water partition coefficient (Wildman–Crippen LogP) is 2.77. The fourth-order valence-electron chi connectivity index (χ4n) is 7.42. The maximum atomic E-state index is 14.0. The lowest BCUT2D eigenvalue weighted by Crippen LogP contribution is -2.64. The molecule has 19 heteroatoms. The van der Waals surface area contributed by atoms with Crippen molar-refractivity contribution < 1.29 is 65.7 Å². The molecule has 2 aliphatic heterocycles. The number of carbonyl (C=O) groups is 1. The van der Waals surface area contributed by atoms with Gasteiger partial charge in [0.15, 0.2) is 16.1 Å². The van der Waals surface area contributed by atoms with Crippen molar-refractivity contribution in [1.82, 2.24) is 5.32 Å². The number of anilines is 2. The molecule has 1 saturated heterocycles. The Morgan fingerprint density at radius 3 is 2.27 bits per heavy atom. The molecule has 3 aromatic carbocycles. The van der Waals surface area contributed by atoms with Crippen LogP contribution in [0.3, 0.4) is 0 Å². The summed E-state index contributed by atoms with van der Waals surface area (Å²) in [6.45, 7) is 4.93. The number of benzene rings is 3. The van der Waals surface area contributed by atoms with Crippen LogP contribution in [-0.4, -0.2) is 123 Å². The van der Waals surface area contributed by atoms with Gasteiger partial charge in [-0.25, -0.2) is 17.4 Å². The van der Waals surface area contributed by atoms with Crippen LogP contribution in [0.5, 0.6) is 0 Å². The van der Waals surface area contributed by atoms with E-state index in [9.17, 15) is 36.9 Å². The molecular formula is C40H59N3O14S2. The molecule has 0 bridgehead atoms. The third kappa shape index (κ3) is 12.6. The van der Waals surface area contributed by atoms with Gasteiger partial charge in [0.2, 0.25) is 0 Å². The third-order valence-electron chi connectivity index (χ3n) is 10.5. The van der Waals surface area contributed by atoms with Crippen LogP contribution >= 0.6 is 0 Å². The van der Waals surface area contributed by atoms with Crippen LogP contribution in [0.25, 0.3) is 0 Å². The van der Waals surface area contributed by atoms with Gasteiger partial charge in [-0.05, 0) is 66.8 Å². The highest BCUT2D eigenvalue weighted by Gasteiger charge is 2.49. The summed E-state index contributed by atoms with van der Waals surface area (Å²) in [4.78, 5) is 15.5. The largest absolute Gasteiger partial charge is 0.412 e. The summed E-state index contributed by atoms with van der Waals surface area (Å²) in [6.07, 6.45) is -6.32. The molecule has 330 valence electrons. The Balaban J connectivity index is 0.00000225. The maximum absolute atomic E-state index is 14.0. The van der Waals surface area contributed by atoms with E-state index in [1.54, 1.807) is 79.7 Å². The fourth-order valence-corrected chi connectivity index (χ4v) is 9.98. The van der Waals surface area contributed by atoms with Gasteiger partial charge >= 0.3 is 16.4 Å². The molecule has 17 nitrogen and oxygen atoms in total. The predicted molar refractivity (Wildman–Crippen MR) is 221 cm³/mol. The van der Waals surface area contributed by atoms with Gasteiger partial charge in [0.1, 0.15) is 24.4 Å². The van der Waals surface area contributed by atoms with Crippen molar-refractivity contribution >= 4 is 37.6 Å². The number of hydrogen-bond donors (Lipinski definition) is 7. The van der Waals surface area contributed by atoms with Crippen molar-refractivity contribution in [2.75, 3.05) is 43.3 Å². The first-order chi connectivity index (χ1) is 27.4. The SMILES string of the molecule is CCCC[C@]1(CC)CS(=O)(=O)c2ccc(N(C)C)cc2[C@@H](c2cccc(NC(=O)N[C@@H]3O[C@H](COS(=O)(=O)O)[C@@H](O)[C@H](OCc4ccccc4)[C@H]3O)c2)[C@H]1O.CCO.O. The smallest absolute Gasteiger partial charge is 0.397 e. The number of nitrogens with one attached hydrogen (secondary N) is 2.